The maximum Gasteiger partial charge on any atom is 0.0229 e. The third kappa shape index (κ3) is 1.25. The second kappa shape index (κ2) is 2.67. The molecular weight excluding hydrogens is 112 g/mol. The fourth-order valence-electron chi connectivity index (χ4n) is 1.48. The number of hydrogen-bond acceptors (Lipinski definition) is 2. The highest BCUT2D eigenvalue weighted by atomic mass is 15.2. The van der Waals surface area contributed by atoms with E-state index in [0.29, 0.717) is 0 Å². The van der Waals surface area contributed by atoms with Crippen molar-refractivity contribution in [2.75, 3.05) is 20.6 Å². The van der Waals surface area contributed by atoms with Gasteiger partial charge in [0.2, 0.25) is 0 Å². The van der Waals surface area contributed by atoms with Crippen molar-refractivity contribution in [3.05, 3.63) is 0 Å². The molecule has 54 valence electrons. The van der Waals surface area contributed by atoms with Crippen LogP contribution in [0.3, 0.4) is 0 Å². The highest BCUT2D eigenvalue weighted by Crippen LogP contribution is 2.13. The molecule has 0 bridgehead atoms. The van der Waals surface area contributed by atoms with E-state index < -0.39 is 0 Å². The van der Waals surface area contributed by atoms with Crippen molar-refractivity contribution in [1.29, 1.82) is 0 Å². The first kappa shape index (κ1) is 7.03. The molecule has 1 aliphatic heterocycles. The van der Waals surface area contributed by atoms with E-state index in [1.54, 1.807) is 0 Å². The summed E-state index contributed by atoms with van der Waals surface area (Å²) < 4.78 is 0. The summed E-state index contributed by atoms with van der Waals surface area (Å²) in [5, 5.41) is 3.30. The molecule has 1 rings (SSSR count). The first-order valence-corrected chi connectivity index (χ1v) is 3.63. The van der Waals surface area contributed by atoms with E-state index in [4.69, 9.17) is 0 Å². The monoisotopic (exact) mass is 128 g/mol. The predicted molar refractivity (Wildman–Crippen MR) is 39.6 cm³/mol. The molecule has 0 aromatic heterocycles. The fraction of sp³-hybridized carbons (Fsp3) is 1.00. The second-order valence-corrected chi connectivity index (χ2v) is 2.91. The van der Waals surface area contributed by atoms with Crippen LogP contribution in [0.25, 0.3) is 0 Å². The third-order valence-electron chi connectivity index (χ3n) is 2.44. The maximum absolute atomic E-state index is 3.30. The standard InChI is InChI=1S/C7H16N2/c1-6-7(8-2)4-5-9(6)3/h6-8H,4-5H2,1-3H3. The highest BCUT2D eigenvalue weighted by molar-refractivity contribution is 4.85. The Morgan fingerprint density at radius 3 is 2.44 bits per heavy atom. The zero-order chi connectivity index (χ0) is 6.85. The summed E-state index contributed by atoms with van der Waals surface area (Å²) in [5.41, 5.74) is 0. The van der Waals surface area contributed by atoms with Gasteiger partial charge in [0, 0.05) is 12.1 Å². The van der Waals surface area contributed by atoms with E-state index in [0.717, 1.165) is 12.1 Å². The van der Waals surface area contributed by atoms with Gasteiger partial charge in [-0.05, 0) is 34.0 Å². The van der Waals surface area contributed by atoms with Crippen molar-refractivity contribution in [2.45, 2.75) is 25.4 Å². The highest BCUT2D eigenvalue weighted by Gasteiger charge is 2.25. The maximum atomic E-state index is 3.30. The lowest BCUT2D eigenvalue weighted by Crippen LogP contribution is -2.36. The van der Waals surface area contributed by atoms with Crippen molar-refractivity contribution in [2.24, 2.45) is 0 Å². The van der Waals surface area contributed by atoms with Gasteiger partial charge in [-0.1, -0.05) is 0 Å². The number of nitrogens with one attached hydrogen (secondary N) is 1. The zero-order valence-corrected chi connectivity index (χ0v) is 6.52. The summed E-state index contributed by atoms with van der Waals surface area (Å²) in [5.74, 6) is 0. The van der Waals surface area contributed by atoms with Crippen LogP contribution in [0.5, 0.6) is 0 Å². The molecule has 0 radical (unpaired) electrons. The Hall–Kier alpha value is -0.0800. The van der Waals surface area contributed by atoms with Crippen LogP contribution in [-0.4, -0.2) is 37.6 Å². The Morgan fingerprint density at radius 2 is 2.22 bits per heavy atom. The predicted octanol–water partition coefficient (Wildman–Crippen LogP) is 0.298. The van der Waals surface area contributed by atoms with Gasteiger partial charge >= 0.3 is 0 Å². The summed E-state index contributed by atoms with van der Waals surface area (Å²) in [6.45, 7) is 3.51. The van der Waals surface area contributed by atoms with Gasteiger partial charge in [-0.25, -0.2) is 0 Å². The lowest BCUT2D eigenvalue weighted by atomic mass is 10.1. The molecule has 0 aromatic rings. The molecule has 0 aromatic carbocycles. The summed E-state index contributed by atoms with van der Waals surface area (Å²) in [6, 6.07) is 1.44. The van der Waals surface area contributed by atoms with Crippen molar-refractivity contribution < 1.29 is 0 Å². The van der Waals surface area contributed by atoms with Crippen molar-refractivity contribution >= 4 is 0 Å². The Morgan fingerprint density at radius 1 is 1.56 bits per heavy atom. The molecule has 9 heavy (non-hydrogen) atoms. The van der Waals surface area contributed by atoms with Crippen LogP contribution in [0, 0.1) is 0 Å². The zero-order valence-electron chi connectivity index (χ0n) is 6.52. The minimum Gasteiger partial charge on any atom is -0.315 e. The first-order chi connectivity index (χ1) is 4.25. The van der Waals surface area contributed by atoms with Crippen LogP contribution >= 0.6 is 0 Å². The largest absolute Gasteiger partial charge is 0.315 e. The average Bonchev–Trinajstić information content (AvgIpc) is 2.15. The molecule has 0 aliphatic carbocycles. The molecule has 0 amide bonds. The van der Waals surface area contributed by atoms with Gasteiger partial charge in [-0.2, -0.15) is 0 Å². The molecule has 2 atom stereocenters. The van der Waals surface area contributed by atoms with Crippen molar-refractivity contribution in [3.63, 3.8) is 0 Å². The van der Waals surface area contributed by atoms with Crippen LogP contribution in [0.1, 0.15) is 13.3 Å². The first-order valence-electron chi connectivity index (χ1n) is 3.63. The molecule has 2 unspecified atom stereocenters. The topological polar surface area (TPSA) is 15.3 Å². The van der Waals surface area contributed by atoms with Gasteiger partial charge in [0.1, 0.15) is 0 Å². The molecule has 1 saturated heterocycles. The number of likely N-dealkylation sites (N-methyl/N-ethyl adjacent to an activating group) is 2. The van der Waals surface area contributed by atoms with Crippen molar-refractivity contribution in [3.8, 4) is 0 Å². The van der Waals surface area contributed by atoms with Gasteiger partial charge in [0.05, 0.1) is 0 Å². The molecular formula is C7H16N2. The Labute approximate surface area is 57.2 Å². The van der Waals surface area contributed by atoms with Gasteiger partial charge in [-0.15, -0.1) is 0 Å². The molecule has 1 aliphatic rings. The lowest BCUT2D eigenvalue weighted by molar-refractivity contribution is 0.306. The molecule has 2 nitrogen and oxygen atoms in total. The van der Waals surface area contributed by atoms with Crippen LogP contribution in [0.2, 0.25) is 0 Å². The summed E-state index contributed by atoms with van der Waals surface area (Å²) in [6.07, 6.45) is 1.30. The SMILES string of the molecule is CNC1CCN(C)C1C. The summed E-state index contributed by atoms with van der Waals surface area (Å²) >= 11 is 0. The Kier molecular flexibility index (Phi) is 2.09. The average molecular weight is 128 g/mol. The molecule has 1 fully saturated rings. The van der Waals surface area contributed by atoms with Crippen LogP contribution in [-0.2, 0) is 0 Å². The van der Waals surface area contributed by atoms with E-state index in [1.165, 1.54) is 13.0 Å². The fourth-order valence-corrected chi connectivity index (χ4v) is 1.48. The van der Waals surface area contributed by atoms with E-state index >= 15 is 0 Å². The van der Waals surface area contributed by atoms with Gasteiger partial charge < -0.3 is 10.2 Å². The van der Waals surface area contributed by atoms with Gasteiger partial charge in [-0.3, -0.25) is 0 Å². The summed E-state index contributed by atoms with van der Waals surface area (Å²) in [7, 11) is 4.22. The Balaban J connectivity index is 2.41. The van der Waals surface area contributed by atoms with Crippen LogP contribution in [0.15, 0.2) is 0 Å². The minimum atomic E-state index is 0.718. The molecule has 1 N–H and O–H groups in total. The summed E-state index contributed by atoms with van der Waals surface area (Å²) in [4.78, 5) is 2.39. The quantitative estimate of drug-likeness (QED) is 0.546. The second-order valence-electron chi connectivity index (χ2n) is 2.91. The third-order valence-corrected chi connectivity index (χ3v) is 2.44. The van der Waals surface area contributed by atoms with Gasteiger partial charge in [0.25, 0.3) is 0 Å². The number of rotatable bonds is 1. The number of hydrogen-bond donors (Lipinski definition) is 1. The van der Waals surface area contributed by atoms with Crippen LogP contribution in [0.4, 0.5) is 0 Å². The van der Waals surface area contributed by atoms with Gasteiger partial charge in [0.15, 0.2) is 0 Å². The number of nitrogens with zero attached hydrogens (tertiary/aromatic N) is 1. The number of likely N-dealkylation sites (tertiary alicyclic amines) is 1. The van der Waals surface area contributed by atoms with E-state index in [9.17, 15) is 0 Å². The van der Waals surface area contributed by atoms with Crippen LogP contribution < -0.4 is 5.32 Å². The smallest absolute Gasteiger partial charge is 0.0229 e. The minimum absolute atomic E-state index is 0.718. The molecule has 0 spiro atoms. The normalized spacial score (nSPS) is 37.7. The van der Waals surface area contributed by atoms with E-state index in [2.05, 4.69) is 24.2 Å². The molecule has 1 heterocycles. The molecule has 2 heteroatoms. The Bertz CT molecular complexity index is 92.9. The van der Waals surface area contributed by atoms with E-state index in [-0.39, 0.29) is 0 Å². The lowest BCUT2D eigenvalue weighted by Gasteiger charge is -2.19. The molecule has 0 saturated carbocycles. The van der Waals surface area contributed by atoms with Crippen molar-refractivity contribution in [1.82, 2.24) is 10.2 Å². The van der Waals surface area contributed by atoms with E-state index in [1.807, 2.05) is 7.05 Å².